The predicted molar refractivity (Wildman–Crippen MR) is 139 cm³/mol. The zero-order chi connectivity index (χ0) is 23.8. The van der Waals surface area contributed by atoms with E-state index in [0.717, 1.165) is 28.8 Å². The highest BCUT2D eigenvalue weighted by Gasteiger charge is 2.19. The van der Waals surface area contributed by atoms with Crippen LogP contribution in [0.15, 0.2) is 72.9 Å². The van der Waals surface area contributed by atoms with E-state index in [2.05, 4.69) is 119 Å². The molecule has 0 spiro atoms. The predicted octanol–water partition coefficient (Wildman–Crippen LogP) is 8.33. The van der Waals surface area contributed by atoms with Gasteiger partial charge in [-0.05, 0) is 62.9 Å². The van der Waals surface area contributed by atoms with Crippen LogP contribution in [0, 0.1) is 16.7 Å². The Balaban J connectivity index is 1.83. The molecule has 1 heterocycles. The van der Waals surface area contributed by atoms with Gasteiger partial charge in [-0.15, -0.1) is 0 Å². The molecule has 0 radical (unpaired) electrons. The number of pyridine rings is 1. The number of hydrogen-bond acceptors (Lipinski definition) is 2. The Morgan fingerprint density at radius 3 is 2.15 bits per heavy atom. The summed E-state index contributed by atoms with van der Waals surface area (Å²) in [5.74, 6) is 0. The first-order valence-electron chi connectivity index (χ1n) is 11.6. The Morgan fingerprint density at radius 1 is 0.818 bits per heavy atom. The Labute approximate surface area is 197 Å². The highest BCUT2D eigenvalue weighted by molar-refractivity contribution is 5.91. The van der Waals surface area contributed by atoms with Crippen molar-refractivity contribution in [2.24, 2.45) is 5.41 Å². The molecular weight excluding hydrogens is 400 g/mol. The van der Waals surface area contributed by atoms with E-state index in [9.17, 15) is 5.26 Å². The number of nitrogens with zero attached hydrogens (tertiary/aromatic N) is 2. The maximum atomic E-state index is 9.75. The SMILES string of the molecule is CC(C)(C)Cc1ccc(-c2cc(-c3cc(C(C)(C)C)c4ccccc4c3)ncc2C#N)cc1. The van der Waals surface area contributed by atoms with Crippen molar-refractivity contribution in [3.63, 3.8) is 0 Å². The summed E-state index contributed by atoms with van der Waals surface area (Å²) >= 11 is 0. The van der Waals surface area contributed by atoms with Crippen LogP contribution in [0.25, 0.3) is 33.2 Å². The van der Waals surface area contributed by atoms with Gasteiger partial charge in [-0.25, -0.2) is 0 Å². The van der Waals surface area contributed by atoms with Gasteiger partial charge in [0.2, 0.25) is 0 Å². The van der Waals surface area contributed by atoms with E-state index in [0.29, 0.717) is 5.56 Å². The third kappa shape index (κ3) is 4.99. The number of benzene rings is 3. The summed E-state index contributed by atoms with van der Waals surface area (Å²) in [6.45, 7) is 13.5. The average molecular weight is 433 g/mol. The van der Waals surface area contributed by atoms with E-state index >= 15 is 0 Å². The fourth-order valence-electron chi connectivity index (χ4n) is 4.43. The van der Waals surface area contributed by atoms with E-state index in [1.54, 1.807) is 6.20 Å². The van der Waals surface area contributed by atoms with Crippen molar-refractivity contribution in [1.29, 1.82) is 5.26 Å². The molecule has 3 aromatic carbocycles. The lowest BCUT2D eigenvalue weighted by molar-refractivity contribution is 0.411. The summed E-state index contributed by atoms with van der Waals surface area (Å²) < 4.78 is 0. The number of nitriles is 1. The van der Waals surface area contributed by atoms with Crippen molar-refractivity contribution >= 4 is 10.8 Å². The molecule has 0 bridgehead atoms. The molecule has 0 aliphatic rings. The number of rotatable bonds is 3. The van der Waals surface area contributed by atoms with Gasteiger partial charge in [0.15, 0.2) is 0 Å². The molecule has 33 heavy (non-hydrogen) atoms. The Bertz CT molecular complexity index is 1340. The Morgan fingerprint density at radius 2 is 1.52 bits per heavy atom. The number of aromatic nitrogens is 1. The molecule has 0 amide bonds. The monoisotopic (exact) mass is 432 g/mol. The summed E-state index contributed by atoms with van der Waals surface area (Å²) in [7, 11) is 0. The topological polar surface area (TPSA) is 36.7 Å². The Kier molecular flexibility index (Phi) is 5.85. The lowest BCUT2D eigenvalue weighted by Gasteiger charge is -2.23. The van der Waals surface area contributed by atoms with Gasteiger partial charge in [-0.3, -0.25) is 4.98 Å². The van der Waals surface area contributed by atoms with Gasteiger partial charge in [0, 0.05) is 17.3 Å². The van der Waals surface area contributed by atoms with Crippen molar-refractivity contribution in [3.05, 3.63) is 89.6 Å². The first-order chi connectivity index (χ1) is 15.5. The minimum Gasteiger partial charge on any atom is -0.255 e. The van der Waals surface area contributed by atoms with Crippen LogP contribution in [0.2, 0.25) is 0 Å². The van der Waals surface area contributed by atoms with Crippen molar-refractivity contribution in [2.75, 3.05) is 0 Å². The van der Waals surface area contributed by atoms with E-state index in [-0.39, 0.29) is 10.8 Å². The van der Waals surface area contributed by atoms with Crippen molar-refractivity contribution in [3.8, 4) is 28.5 Å². The van der Waals surface area contributed by atoms with E-state index in [1.807, 2.05) is 0 Å². The zero-order valence-electron chi connectivity index (χ0n) is 20.5. The molecule has 0 aliphatic heterocycles. The molecule has 2 nitrogen and oxygen atoms in total. The zero-order valence-corrected chi connectivity index (χ0v) is 20.5. The van der Waals surface area contributed by atoms with E-state index in [1.165, 1.54) is 21.9 Å². The molecular formula is C31H32N2. The second-order valence-electron chi connectivity index (χ2n) is 11.2. The molecule has 0 saturated carbocycles. The van der Waals surface area contributed by atoms with Gasteiger partial charge in [0.1, 0.15) is 6.07 Å². The van der Waals surface area contributed by atoms with E-state index in [4.69, 9.17) is 0 Å². The molecule has 0 unspecified atom stereocenters. The van der Waals surface area contributed by atoms with Crippen LogP contribution >= 0.6 is 0 Å². The summed E-state index contributed by atoms with van der Waals surface area (Å²) in [5, 5.41) is 12.2. The quantitative estimate of drug-likeness (QED) is 0.326. The molecule has 4 aromatic rings. The van der Waals surface area contributed by atoms with Crippen molar-refractivity contribution in [1.82, 2.24) is 4.98 Å². The Hall–Kier alpha value is -3.44. The van der Waals surface area contributed by atoms with Crippen molar-refractivity contribution < 1.29 is 0 Å². The molecule has 0 atom stereocenters. The highest BCUT2D eigenvalue weighted by atomic mass is 14.7. The third-order valence-corrected chi connectivity index (χ3v) is 5.99. The van der Waals surface area contributed by atoms with Crippen molar-refractivity contribution in [2.45, 2.75) is 53.4 Å². The first-order valence-corrected chi connectivity index (χ1v) is 11.6. The molecule has 4 rings (SSSR count). The van der Waals surface area contributed by atoms with Gasteiger partial charge >= 0.3 is 0 Å². The second kappa shape index (κ2) is 8.49. The van der Waals surface area contributed by atoms with Crippen LogP contribution in [0.4, 0.5) is 0 Å². The van der Waals surface area contributed by atoms with Crippen LogP contribution in [0.3, 0.4) is 0 Å². The van der Waals surface area contributed by atoms with Gasteiger partial charge in [0.25, 0.3) is 0 Å². The summed E-state index contributed by atoms with van der Waals surface area (Å²) in [6, 6.07) is 26.0. The standard InChI is InChI=1S/C31H32N2/c1-30(2,3)18-21-11-13-22(14-12-21)27-17-29(33-20-25(27)19-32)24-15-23-9-7-8-10-26(23)28(16-24)31(4,5)6/h7-17,20H,18H2,1-6H3. The van der Waals surface area contributed by atoms with Gasteiger partial charge in [-0.1, -0.05) is 90.1 Å². The minimum atomic E-state index is 0.00786. The van der Waals surface area contributed by atoms with E-state index < -0.39 is 0 Å². The van der Waals surface area contributed by atoms with Crippen LogP contribution < -0.4 is 0 Å². The van der Waals surface area contributed by atoms with Crippen LogP contribution in [-0.2, 0) is 11.8 Å². The maximum absolute atomic E-state index is 9.75. The number of fused-ring (bicyclic) bond motifs is 1. The molecule has 1 aromatic heterocycles. The normalized spacial score (nSPS) is 12.0. The van der Waals surface area contributed by atoms with Gasteiger partial charge in [-0.2, -0.15) is 5.26 Å². The average Bonchev–Trinajstić information content (AvgIpc) is 2.76. The fraction of sp³-hybridized carbons (Fsp3) is 0.290. The van der Waals surface area contributed by atoms with Crippen LogP contribution in [0.1, 0.15) is 58.2 Å². The molecule has 0 fully saturated rings. The summed E-state index contributed by atoms with van der Waals surface area (Å²) in [5.41, 5.74) is 7.39. The lowest BCUT2D eigenvalue weighted by atomic mass is 9.82. The van der Waals surface area contributed by atoms with Crippen LogP contribution in [0.5, 0.6) is 0 Å². The molecule has 2 heteroatoms. The van der Waals surface area contributed by atoms with Gasteiger partial charge in [0.05, 0.1) is 11.3 Å². The third-order valence-electron chi connectivity index (χ3n) is 5.99. The number of hydrogen-bond donors (Lipinski definition) is 0. The molecule has 0 saturated heterocycles. The molecule has 166 valence electrons. The smallest absolute Gasteiger partial charge is 0.101 e. The van der Waals surface area contributed by atoms with Crippen LogP contribution in [-0.4, -0.2) is 4.98 Å². The molecule has 0 aliphatic carbocycles. The summed E-state index contributed by atoms with van der Waals surface area (Å²) in [6.07, 6.45) is 2.73. The molecule has 0 N–H and O–H groups in total. The first kappa shape index (κ1) is 22.7. The highest BCUT2D eigenvalue weighted by Crippen LogP contribution is 2.36. The largest absolute Gasteiger partial charge is 0.255 e. The second-order valence-corrected chi connectivity index (χ2v) is 11.2. The fourth-order valence-corrected chi connectivity index (χ4v) is 4.43. The summed E-state index contributed by atoms with van der Waals surface area (Å²) in [4.78, 5) is 4.68. The maximum Gasteiger partial charge on any atom is 0.101 e. The lowest BCUT2D eigenvalue weighted by Crippen LogP contribution is -2.12. The van der Waals surface area contributed by atoms with Gasteiger partial charge < -0.3 is 0 Å². The minimum absolute atomic E-state index is 0.00786.